The smallest absolute Gasteiger partial charge is 0.454 e. The molecule has 1 N–H and O–H groups in total. The van der Waals surface area contributed by atoms with E-state index in [1.165, 1.54) is 25.7 Å². The molecular weight excluding hydrogens is 213 g/mol. The van der Waals surface area contributed by atoms with Crippen molar-refractivity contribution in [2.45, 2.75) is 51.2 Å². The van der Waals surface area contributed by atoms with Crippen molar-refractivity contribution in [2.24, 2.45) is 5.92 Å². The Bertz CT molecular complexity index is 377. The first-order valence-corrected chi connectivity index (χ1v) is 6.63. The van der Waals surface area contributed by atoms with Crippen LogP contribution in [0.3, 0.4) is 0 Å². The minimum atomic E-state index is -0.0839. The molecule has 0 aromatic carbocycles. The fraction of sp³-hybridized carbons (Fsp3) is 0.692. The average molecular weight is 233 g/mol. The fourth-order valence-corrected chi connectivity index (χ4v) is 3.32. The molecule has 0 spiro atoms. The zero-order chi connectivity index (χ0) is 11.9. The largest absolute Gasteiger partial charge is 0.474 e. The van der Waals surface area contributed by atoms with Crippen LogP contribution in [0.25, 0.3) is 0 Å². The van der Waals surface area contributed by atoms with Crippen LogP contribution < -0.4 is 10.9 Å². The maximum atomic E-state index is 6.17. The molecule has 3 nitrogen and oxygen atoms in total. The summed E-state index contributed by atoms with van der Waals surface area (Å²) in [4.78, 5) is 0. The van der Waals surface area contributed by atoms with Crippen molar-refractivity contribution in [2.75, 3.05) is 0 Å². The first-order valence-electron chi connectivity index (χ1n) is 6.63. The summed E-state index contributed by atoms with van der Waals surface area (Å²) in [6.45, 7) is 4.57. The van der Waals surface area contributed by atoms with E-state index >= 15 is 0 Å². The van der Waals surface area contributed by atoms with E-state index < -0.39 is 0 Å². The molecule has 1 aliphatic heterocycles. The van der Waals surface area contributed by atoms with Crippen LogP contribution in [0, 0.1) is 5.92 Å². The van der Waals surface area contributed by atoms with Crippen molar-refractivity contribution in [3.05, 3.63) is 18.4 Å². The Balaban J connectivity index is 1.83. The molecule has 1 saturated heterocycles. The van der Waals surface area contributed by atoms with E-state index in [4.69, 9.17) is 9.07 Å². The summed E-state index contributed by atoms with van der Waals surface area (Å²) in [5, 5.41) is 3.58. The van der Waals surface area contributed by atoms with Crippen molar-refractivity contribution < 1.29 is 9.07 Å². The molecule has 17 heavy (non-hydrogen) atoms. The Kier molecular flexibility index (Phi) is 2.79. The van der Waals surface area contributed by atoms with Crippen LogP contribution in [0.2, 0.25) is 0 Å². The standard InChI is InChI=1S/C13H20BNO2/c1-13(2)10-6-3-4-7-11(10)17-14(15-13)12-8-5-9-16-12/h5,8-11,15H,3-4,6-7H2,1-2H3/t10-,11+/m0/s1. The molecule has 3 rings (SSSR count). The lowest BCUT2D eigenvalue weighted by Crippen LogP contribution is -2.67. The summed E-state index contributed by atoms with van der Waals surface area (Å²) in [7, 11) is -0.0839. The maximum Gasteiger partial charge on any atom is 0.454 e. The first-order chi connectivity index (χ1) is 8.17. The first kappa shape index (κ1) is 11.4. The summed E-state index contributed by atoms with van der Waals surface area (Å²) < 4.78 is 11.6. The van der Waals surface area contributed by atoms with Gasteiger partial charge in [-0.3, -0.25) is 0 Å². The Morgan fingerprint density at radius 3 is 2.94 bits per heavy atom. The molecular formula is C13H20BNO2. The average Bonchev–Trinajstić information content (AvgIpc) is 2.81. The van der Waals surface area contributed by atoms with Crippen LogP contribution in [0.15, 0.2) is 22.8 Å². The van der Waals surface area contributed by atoms with Gasteiger partial charge in [0, 0.05) is 17.6 Å². The van der Waals surface area contributed by atoms with Crippen LogP contribution in [-0.4, -0.2) is 18.7 Å². The quantitative estimate of drug-likeness (QED) is 0.752. The highest BCUT2D eigenvalue weighted by Crippen LogP contribution is 2.37. The van der Waals surface area contributed by atoms with Gasteiger partial charge in [0.15, 0.2) is 0 Å². The van der Waals surface area contributed by atoms with Crippen LogP contribution in [0.4, 0.5) is 0 Å². The molecule has 4 heteroatoms. The van der Waals surface area contributed by atoms with Gasteiger partial charge in [0.05, 0.1) is 6.26 Å². The van der Waals surface area contributed by atoms with E-state index in [1.807, 2.05) is 12.1 Å². The molecule has 1 aromatic heterocycles. The van der Waals surface area contributed by atoms with E-state index in [-0.39, 0.29) is 12.6 Å². The second-order valence-electron chi connectivity index (χ2n) is 5.83. The van der Waals surface area contributed by atoms with Gasteiger partial charge in [0.1, 0.15) is 5.66 Å². The number of fused-ring (bicyclic) bond motifs is 1. The number of hydrogen-bond donors (Lipinski definition) is 1. The van der Waals surface area contributed by atoms with Crippen molar-refractivity contribution in [3.8, 4) is 0 Å². The Morgan fingerprint density at radius 2 is 2.18 bits per heavy atom. The van der Waals surface area contributed by atoms with Crippen molar-refractivity contribution in [1.82, 2.24) is 5.23 Å². The lowest BCUT2D eigenvalue weighted by atomic mass is 9.65. The molecule has 92 valence electrons. The molecule has 0 unspecified atom stereocenters. The zero-order valence-corrected chi connectivity index (χ0v) is 10.6. The van der Waals surface area contributed by atoms with Crippen molar-refractivity contribution in [1.29, 1.82) is 0 Å². The normalized spacial score (nSPS) is 32.2. The monoisotopic (exact) mass is 233 g/mol. The molecule has 2 atom stereocenters. The highest BCUT2D eigenvalue weighted by Gasteiger charge is 2.47. The third kappa shape index (κ3) is 2.04. The molecule has 0 radical (unpaired) electrons. The predicted octanol–water partition coefficient (Wildman–Crippen LogP) is 1.93. The van der Waals surface area contributed by atoms with Crippen LogP contribution in [-0.2, 0) is 4.65 Å². The Labute approximate surface area is 103 Å². The van der Waals surface area contributed by atoms with E-state index in [0.717, 1.165) is 5.66 Å². The van der Waals surface area contributed by atoms with Gasteiger partial charge in [-0.2, -0.15) is 0 Å². The second-order valence-corrected chi connectivity index (χ2v) is 5.83. The molecule has 1 aromatic rings. The third-order valence-corrected chi connectivity index (χ3v) is 4.25. The Morgan fingerprint density at radius 1 is 1.35 bits per heavy atom. The fourth-order valence-electron chi connectivity index (χ4n) is 3.32. The number of furan rings is 1. The van der Waals surface area contributed by atoms with Crippen molar-refractivity contribution >= 4 is 12.7 Å². The van der Waals surface area contributed by atoms with Gasteiger partial charge in [-0.15, -0.1) is 0 Å². The van der Waals surface area contributed by atoms with Gasteiger partial charge >= 0.3 is 7.05 Å². The SMILES string of the molecule is CC1(C)NB(c2ccco2)O[C@@H]2CCCC[C@@H]21. The number of rotatable bonds is 1. The van der Waals surface area contributed by atoms with Gasteiger partial charge < -0.3 is 14.3 Å². The highest BCUT2D eigenvalue weighted by molar-refractivity contribution is 6.64. The molecule has 1 saturated carbocycles. The lowest BCUT2D eigenvalue weighted by molar-refractivity contribution is 0.0158. The van der Waals surface area contributed by atoms with E-state index in [0.29, 0.717) is 12.0 Å². The van der Waals surface area contributed by atoms with E-state index in [9.17, 15) is 0 Å². The van der Waals surface area contributed by atoms with Crippen LogP contribution >= 0.6 is 0 Å². The second kappa shape index (κ2) is 4.18. The predicted molar refractivity (Wildman–Crippen MR) is 68.1 cm³/mol. The molecule has 1 aliphatic carbocycles. The van der Waals surface area contributed by atoms with Gasteiger partial charge in [-0.25, -0.2) is 0 Å². The third-order valence-electron chi connectivity index (χ3n) is 4.25. The van der Waals surface area contributed by atoms with E-state index in [1.54, 1.807) is 6.26 Å². The van der Waals surface area contributed by atoms with Crippen molar-refractivity contribution in [3.63, 3.8) is 0 Å². The van der Waals surface area contributed by atoms with Gasteiger partial charge in [-0.05, 0) is 38.8 Å². The van der Waals surface area contributed by atoms with Gasteiger partial charge in [0.2, 0.25) is 0 Å². The number of hydrogen-bond acceptors (Lipinski definition) is 3. The van der Waals surface area contributed by atoms with Crippen LogP contribution in [0.1, 0.15) is 39.5 Å². The maximum absolute atomic E-state index is 6.17. The molecule has 0 bridgehead atoms. The minimum Gasteiger partial charge on any atom is -0.474 e. The van der Waals surface area contributed by atoms with Crippen LogP contribution in [0.5, 0.6) is 0 Å². The minimum absolute atomic E-state index is 0.0839. The highest BCUT2D eigenvalue weighted by atomic mass is 16.5. The van der Waals surface area contributed by atoms with Gasteiger partial charge in [0.25, 0.3) is 0 Å². The molecule has 0 amide bonds. The van der Waals surface area contributed by atoms with Gasteiger partial charge in [-0.1, -0.05) is 12.8 Å². The summed E-state index contributed by atoms with van der Waals surface area (Å²) in [5.41, 5.74) is 1.02. The Hall–Kier alpha value is -0.735. The summed E-state index contributed by atoms with van der Waals surface area (Å²) in [6.07, 6.45) is 7.18. The van der Waals surface area contributed by atoms with E-state index in [2.05, 4.69) is 19.1 Å². The summed E-state index contributed by atoms with van der Waals surface area (Å²) in [6, 6.07) is 3.90. The summed E-state index contributed by atoms with van der Waals surface area (Å²) >= 11 is 0. The summed E-state index contributed by atoms with van der Waals surface area (Å²) in [5.74, 6) is 0.627. The lowest BCUT2D eigenvalue weighted by Gasteiger charge is -2.49. The zero-order valence-electron chi connectivity index (χ0n) is 10.6. The topological polar surface area (TPSA) is 34.4 Å². The molecule has 2 heterocycles. The molecule has 2 fully saturated rings. The molecule has 2 aliphatic rings. The number of nitrogens with one attached hydrogen (secondary N) is 1.